The van der Waals surface area contributed by atoms with Gasteiger partial charge in [-0.05, 0) is 36.4 Å². The summed E-state index contributed by atoms with van der Waals surface area (Å²) in [4.78, 5) is 25.0. The van der Waals surface area contributed by atoms with Gasteiger partial charge in [0.1, 0.15) is 5.84 Å². The van der Waals surface area contributed by atoms with Crippen molar-refractivity contribution >= 4 is 40.8 Å². The van der Waals surface area contributed by atoms with Crippen LogP contribution in [0.15, 0.2) is 64.6 Å². The zero-order valence-corrected chi connectivity index (χ0v) is 13.6. The number of nitrogens with zero attached hydrogens (tertiary/aromatic N) is 2. The third-order valence-corrected chi connectivity index (χ3v) is 4.32. The maximum atomic E-state index is 12.0. The molecule has 0 fully saturated rings. The van der Waals surface area contributed by atoms with Gasteiger partial charge < -0.3 is 11.1 Å². The summed E-state index contributed by atoms with van der Waals surface area (Å²) in [5.74, 6) is 0.246. The Morgan fingerprint density at radius 3 is 2.58 bits per heavy atom. The highest BCUT2D eigenvalue weighted by atomic mass is 32.2. The molecule has 0 atom stereocenters. The van der Waals surface area contributed by atoms with Crippen LogP contribution in [-0.4, -0.2) is 23.4 Å². The Labute approximate surface area is 143 Å². The molecule has 3 rings (SSSR count). The molecule has 3 N–H and O–H groups in total. The number of nitrogens with two attached hydrogens (primary N) is 1. The Hall–Kier alpha value is -2.80. The third kappa shape index (κ3) is 3.94. The number of hydrogen-bond donors (Lipinski definition) is 2. The van der Waals surface area contributed by atoms with E-state index in [2.05, 4.69) is 10.4 Å². The Morgan fingerprint density at radius 1 is 1.17 bits per heavy atom. The fourth-order valence-electron chi connectivity index (χ4n) is 2.18. The molecule has 1 aliphatic heterocycles. The van der Waals surface area contributed by atoms with E-state index in [9.17, 15) is 9.59 Å². The van der Waals surface area contributed by atoms with Gasteiger partial charge in [0.2, 0.25) is 5.91 Å². The predicted octanol–water partition coefficient (Wildman–Crippen LogP) is 2.23. The monoisotopic (exact) mass is 340 g/mol. The summed E-state index contributed by atoms with van der Waals surface area (Å²) in [5, 5.41) is 8.19. The molecule has 0 aromatic heterocycles. The molecule has 122 valence electrons. The van der Waals surface area contributed by atoms with Gasteiger partial charge in [0.15, 0.2) is 0 Å². The van der Waals surface area contributed by atoms with Crippen molar-refractivity contribution in [3.05, 3.63) is 54.6 Å². The van der Waals surface area contributed by atoms with Crippen LogP contribution in [0.3, 0.4) is 0 Å². The standard InChI is InChI=1S/C17H16N4O2S/c18-12-6-8-14(9-7-12)24-11-16(22)19-15-10-17(23)21(20-15)13-4-2-1-3-5-13/h1-9H,10-11,18H2,(H,19,20,22). The van der Waals surface area contributed by atoms with Crippen molar-refractivity contribution in [2.75, 3.05) is 16.5 Å². The van der Waals surface area contributed by atoms with Gasteiger partial charge in [0.25, 0.3) is 5.91 Å². The fraction of sp³-hybridized carbons (Fsp3) is 0.118. The van der Waals surface area contributed by atoms with Crippen LogP contribution in [0.5, 0.6) is 0 Å². The molecule has 2 aromatic rings. The van der Waals surface area contributed by atoms with E-state index in [4.69, 9.17) is 5.73 Å². The number of thioether (sulfide) groups is 1. The van der Waals surface area contributed by atoms with Crippen molar-refractivity contribution in [2.24, 2.45) is 5.10 Å². The first-order chi connectivity index (χ1) is 11.6. The molecule has 0 aliphatic carbocycles. The number of hydrazone groups is 1. The Bertz CT molecular complexity index is 775. The molecule has 0 unspecified atom stereocenters. The van der Waals surface area contributed by atoms with Gasteiger partial charge in [-0.2, -0.15) is 10.1 Å². The normalized spacial score (nSPS) is 13.8. The number of para-hydroxylation sites is 1. The lowest BCUT2D eigenvalue weighted by Gasteiger charge is -2.10. The minimum atomic E-state index is -0.196. The zero-order chi connectivity index (χ0) is 16.9. The average molecular weight is 340 g/mol. The lowest BCUT2D eigenvalue weighted by atomic mass is 10.3. The van der Waals surface area contributed by atoms with Crippen LogP contribution < -0.4 is 16.1 Å². The molecule has 1 aliphatic rings. The van der Waals surface area contributed by atoms with Gasteiger partial charge in [-0.3, -0.25) is 9.59 Å². The zero-order valence-electron chi connectivity index (χ0n) is 12.8. The van der Waals surface area contributed by atoms with E-state index >= 15 is 0 Å². The Morgan fingerprint density at radius 2 is 1.88 bits per heavy atom. The van der Waals surface area contributed by atoms with E-state index in [1.165, 1.54) is 16.8 Å². The van der Waals surface area contributed by atoms with E-state index in [-0.39, 0.29) is 24.0 Å². The summed E-state index contributed by atoms with van der Waals surface area (Å²) in [6.07, 6.45) is 0.0904. The summed E-state index contributed by atoms with van der Waals surface area (Å²) in [5.41, 5.74) is 6.99. The minimum absolute atomic E-state index is 0.0904. The molecule has 2 aromatic carbocycles. The second-order valence-electron chi connectivity index (χ2n) is 5.17. The number of carbonyl (C=O) groups is 2. The van der Waals surface area contributed by atoms with E-state index in [1.807, 2.05) is 30.3 Å². The first-order valence-corrected chi connectivity index (χ1v) is 8.34. The molecule has 6 nitrogen and oxygen atoms in total. The summed E-state index contributed by atoms with van der Waals surface area (Å²) in [6.45, 7) is 0. The molecular formula is C17H16N4O2S. The number of anilines is 2. The number of amides is 2. The number of carbonyl (C=O) groups excluding carboxylic acids is 2. The second kappa shape index (κ2) is 7.18. The highest BCUT2D eigenvalue weighted by Crippen LogP contribution is 2.20. The fourth-order valence-corrected chi connectivity index (χ4v) is 2.88. The smallest absolute Gasteiger partial charge is 0.255 e. The molecule has 0 radical (unpaired) electrons. The van der Waals surface area contributed by atoms with Crippen molar-refractivity contribution in [2.45, 2.75) is 11.3 Å². The van der Waals surface area contributed by atoms with Crippen molar-refractivity contribution in [1.29, 1.82) is 0 Å². The van der Waals surface area contributed by atoms with Crippen molar-refractivity contribution in [1.82, 2.24) is 5.32 Å². The van der Waals surface area contributed by atoms with Crippen LogP contribution in [0.2, 0.25) is 0 Å². The first-order valence-electron chi connectivity index (χ1n) is 7.35. The van der Waals surface area contributed by atoms with Crippen molar-refractivity contribution in [3.8, 4) is 0 Å². The summed E-state index contributed by atoms with van der Waals surface area (Å²) in [6, 6.07) is 16.4. The first kappa shape index (κ1) is 16.1. The number of benzene rings is 2. The minimum Gasteiger partial charge on any atom is -0.399 e. The molecule has 2 amide bonds. The summed E-state index contributed by atoms with van der Waals surface area (Å²) < 4.78 is 0. The molecule has 0 saturated heterocycles. The van der Waals surface area contributed by atoms with Crippen LogP contribution in [0, 0.1) is 0 Å². The topological polar surface area (TPSA) is 87.8 Å². The Balaban J connectivity index is 1.56. The molecule has 0 spiro atoms. The van der Waals surface area contributed by atoms with Crippen LogP contribution in [0.25, 0.3) is 0 Å². The van der Waals surface area contributed by atoms with Crippen LogP contribution in [0.4, 0.5) is 11.4 Å². The molecule has 7 heteroatoms. The van der Waals surface area contributed by atoms with E-state index in [0.29, 0.717) is 17.2 Å². The number of nitrogens with one attached hydrogen (secondary N) is 1. The van der Waals surface area contributed by atoms with Gasteiger partial charge in [0.05, 0.1) is 17.9 Å². The van der Waals surface area contributed by atoms with Gasteiger partial charge in [0, 0.05) is 10.6 Å². The van der Waals surface area contributed by atoms with E-state index in [0.717, 1.165) is 4.90 Å². The van der Waals surface area contributed by atoms with Gasteiger partial charge in [-0.25, -0.2) is 0 Å². The highest BCUT2D eigenvalue weighted by Gasteiger charge is 2.26. The van der Waals surface area contributed by atoms with Crippen LogP contribution >= 0.6 is 11.8 Å². The SMILES string of the molecule is Nc1ccc(SCC(=O)NC2=NN(c3ccccc3)C(=O)C2)cc1. The van der Waals surface area contributed by atoms with Gasteiger partial charge in [-0.1, -0.05) is 18.2 Å². The van der Waals surface area contributed by atoms with Gasteiger partial charge in [-0.15, -0.1) is 11.8 Å². The largest absolute Gasteiger partial charge is 0.399 e. The van der Waals surface area contributed by atoms with Crippen molar-refractivity contribution in [3.63, 3.8) is 0 Å². The number of hydrogen-bond acceptors (Lipinski definition) is 5. The number of amidine groups is 1. The number of rotatable bonds is 4. The molecule has 0 saturated carbocycles. The van der Waals surface area contributed by atoms with E-state index < -0.39 is 0 Å². The maximum absolute atomic E-state index is 12.0. The lowest BCUT2D eigenvalue weighted by molar-refractivity contribution is -0.117. The second-order valence-corrected chi connectivity index (χ2v) is 6.22. The third-order valence-electron chi connectivity index (χ3n) is 3.31. The number of nitrogen functional groups attached to an aromatic ring is 1. The van der Waals surface area contributed by atoms with Crippen LogP contribution in [-0.2, 0) is 9.59 Å². The molecule has 0 bridgehead atoms. The van der Waals surface area contributed by atoms with E-state index in [1.54, 1.807) is 24.3 Å². The maximum Gasteiger partial charge on any atom is 0.255 e. The molecular weight excluding hydrogens is 324 g/mol. The average Bonchev–Trinajstić information content (AvgIpc) is 2.95. The quantitative estimate of drug-likeness (QED) is 0.660. The predicted molar refractivity (Wildman–Crippen MR) is 95.7 cm³/mol. The lowest BCUT2D eigenvalue weighted by Crippen LogP contribution is -2.31. The molecule has 1 heterocycles. The Kier molecular flexibility index (Phi) is 4.81. The van der Waals surface area contributed by atoms with Crippen LogP contribution in [0.1, 0.15) is 6.42 Å². The summed E-state index contributed by atoms with van der Waals surface area (Å²) in [7, 11) is 0. The van der Waals surface area contributed by atoms with Crippen molar-refractivity contribution < 1.29 is 9.59 Å². The highest BCUT2D eigenvalue weighted by molar-refractivity contribution is 8.00. The van der Waals surface area contributed by atoms with Gasteiger partial charge >= 0.3 is 0 Å². The summed E-state index contributed by atoms with van der Waals surface area (Å²) >= 11 is 1.40. The molecule has 24 heavy (non-hydrogen) atoms.